The van der Waals surface area contributed by atoms with Gasteiger partial charge in [0.2, 0.25) is 5.91 Å². The maximum atomic E-state index is 11.9. The molecule has 0 spiro atoms. The van der Waals surface area contributed by atoms with E-state index in [1.165, 1.54) is 23.3 Å². The van der Waals surface area contributed by atoms with E-state index >= 15 is 0 Å². The molecule has 0 aliphatic carbocycles. The molecular weight excluding hydrogens is 284 g/mol. The summed E-state index contributed by atoms with van der Waals surface area (Å²) in [5, 5.41) is 2.94. The SMILES string of the molecule is CC(C)N1CCCC1CNC(=O)CCn1ccc(=O)[nH]c1=O. The summed E-state index contributed by atoms with van der Waals surface area (Å²) in [6.45, 7) is 6.34. The molecule has 22 heavy (non-hydrogen) atoms. The molecule has 1 amide bonds. The summed E-state index contributed by atoms with van der Waals surface area (Å²) in [6, 6.07) is 2.17. The number of hydrogen-bond acceptors (Lipinski definition) is 4. The van der Waals surface area contributed by atoms with E-state index in [0.29, 0.717) is 18.6 Å². The number of rotatable bonds is 6. The van der Waals surface area contributed by atoms with Gasteiger partial charge in [-0.1, -0.05) is 0 Å². The van der Waals surface area contributed by atoms with E-state index in [2.05, 4.69) is 29.0 Å². The number of H-pyrrole nitrogens is 1. The molecule has 1 aromatic heterocycles. The van der Waals surface area contributed by atoms with E-state index in [4.69, 9.17) is 0 Å². The quantitative estimate of drug-likeness (QED) is 0.769. The minimum absolute atomic E-state index is 0.0753. The van der Waals surface area contributed by atoms with Crippen molar-refractivity contribution < 1.29 is 4.79 Å². The summed E-state index contributed by atoms with van der Waals surface area (Å²) in [5.41, 5.74) is -0.914. The smallest absolute Gasteiger partial charge is 0.328 e. The zero-order valence-electron chi connectivity index (χ0n) is 13.2. The van der Waals surface area contributed by atoms with Crippen molar-refractivity contribution in [1.29, 1.82) is 0 Å². The topological polar surface area (TPSA) is 87.2 Å². The number of nitrogens with zero attached hydrogens (tertiary/aromatic N) is 2. The van der Waals surface area contributed by atoms with E-state index in [0.717, 1.165) is 13.0 Å². The Morgan fingerprint density at radius 1 is 1.45 bits per heavy atom. The third-order valence-corrected chi connectivity index (χ3v) is 4.10. The molecular formula is C15H24N4O3. The molecule has 7 heteroatoms. The van der Waals surface area contributed by atoms with Crippen LogP contribution in [0.1, 0.15) is 33.1 Å². The van der Waals surface area contributed by atoms with Gasteiger partial charge in [0.1, 0.15) is 0 Å². The second-order valence-electron chi connectivity index (χ2n) is 5.99. The summed E-state index contributed by atoms with van der Waals surface area (Å²) in [6.07, 6.45) is 3.91. The van der Waals surface area contributed by atoms with Gasteiger partial charge in [0.25, 0.3) is 5.56 Å². The van der Waals surface area contributed by atoms with Crippen LogP contribution in [0.3, 0.4) is 0 Å². The number of aryl methyl sites for hydroxylation is 1. The van der Waals surface area contributed by atoms with Crippen molar-refractivity contribution in [3.63, 3.8) is 0 Å². The molecule has 2 heterocycles. The molecule has 122 valence electrons. The third-order valence-electron chi connectivity index (χ3n) is 4.10. The van der Waals surface area contributed by atoms with Gasteiger partial charge in [0, 0.05) is 43.9 Å². The Morgan fingerprint density at radius 2 is 2.23 bits per heavy atom. The summed E-state index contributed by atoms with van der Waals surface area (Å²) in [4.78, 5) is 39.0. The Bertz CT molecular complexity index is 620. The highest BCUT2D eigenvalue weighted by Crippen LogP contribution is 2.19. The first-order valence-electron chi connectivity index (χ1n) is 7.79. The van der Waals surface area contributed by atoms with Crippen molar-refractivity contribution in [2.45, 2.75) is 51.7 Å². The fourth-order valence-electron chi connectivity index (χ4n) is 2.92. The maximum absolute atomic E-state index is 11.9. The largest absolute Gasteiger partial charge is 0.354 e. The summed E-state index contributed by atoms with van der Waals surface area (Å²) in [5.74, 6) is -0.0753. The molecule has 1 fully saturated rings. The Hall–Kier alpha value is -1.89. The van der Waals surface area contributed by atoms with E-state index in [-0.39, 0.29) is 18.9 Å². The number of aromatic nitrogens is 2. The standard InChI is InChI=1S/C15H24N4O3/c1-11(2)19-7-3-4-12(19)10-16-13(20)5-8-18-9-6-14(21)17-15(18)22/h6,9,11-12H,3-5,7-8,10H2,1-2H3,(H,16,20)(H,17,21,22). The predicted octanol–water partition coefficient (Wildman–Crippen LogP) is -0.0843. The maximum Gasteiger partial charge on any atom is 0.328 e. The molecule has 2 N–H and O–H groups in total. The van der Waals surface area contributed by atoms with Gasteiger partial charge in [-0.05, 0) is 33.2 Å². The van der Waals surface area contributed by atoms with Gasteiger partial charge < -0.3 is 9.88 Å². The molecule has 1 atom stereocenters. The Morgan fingerprint density at radius 3 is 2.91 bits per heavy atom. The number of carbonyl (C=O) groups excluding carboxylic acids is 1. The van der Waals surface area contributed by atoms with Crippen molar-refractivity contribution in [2.75, 3.05) is 13.1 Å². The second-order valence-corrected chi connectivity index (χ2v) is 5.99. The minimum atomic E-state index is -0.484. The highest BCUT2D eigenvalue weighted by molar-refractivity contribution is 5.75. The second kappa shape index (κ2) is 7.40. The highest BCUT2D eigenvalue weighted by Gasteiger charge is 2.26. The van der Waals surface area contributed by atoms with Gasteiger partial charge in [-0.3, -0.25) is 19.5 Å². The lowest BCUT2D eigenvalue weighted by Gasteiger charge is -2.28. The number of amides is 1. The van der Waals surface area contributed by atoms with Gasteiger partial charge in [-0.2, -0.15) is 0 Å². The number of carbonyl (C=O) groups is 1. The molecule has 1 aliphatic rings. The van der Waals surface area contributed by atoms with Crippen molar-refractivity contribution in [2.24, 2.45) is 0 Å². The average Bonchev–Trinajstić information content (AvgIpc) is 2.92. The summed E-state index contributed by atoms with van der Waals surface area (Å²) < 4.78 is 1.33. The average molecular weight is 308 g/mol. The highest BCUT2D eigenvalue weighted by atomic mass is 16.2. The normalized spacial score (nSPS) is 18.8. The number of nitrogens with one attached hydrogen (secondary N) is 2. The van der Waals surface area contributed by atoms with Crippen LogP contribution in [-0.4, -0.2) is 45.5 Å². The lowest BCUT2D eigenvalue weighted by molar-refractivity contribution is -0.121. The van der Waals surface area contributed by atoms with Crippen LogP contribution in [0, 0.1) is 0 Å². The van der Waals surface area contributed by atoms with Crippen LogP contribution in [0.25, 0.3) is 0 Å². The van der Waals surface area contributed by atoms with E-state index in [1.54, 1.807) is 0 Å². The van der Waals surface area contributed by atoms with Crippen LogP contribution in [-0.2, 0) is 11.3 Å². The first-order valence-corrected chi connectivity index (χ1v) is 7.79. The van der Waals surface area contributed by atoms with Crippen LogP contribution in [0.2, 0.25) is 0 Å². The zero-order valence-corrected chi connectivity index (χ0v) is 13.2. The zero-order chi connectivity index (χ0) is 16.1. The van der Waals surface area contributed by atoms with Crippen LogP contribution in [0.4, 0.5) is 0 Å². The summed E-state index contributed by atoms with van der Waals surface area (Å²) >= 11 is 0. The van der Waals surface area contributed by atoms with Gasteiger partial charge >= 0.3 is 5.69 Å². The minimum Gasteiger partial charge on any atom is -0.354 e. The van der Waals surface area contributed by atoms with E-state index < -0.39 is 11.2 Å². The molecule has 7 nitrogen and oxygen atoms in total. The lowest BCUT2D eigenvalue weighted by Crippen LogP contribution is -2.43. The molecule has 0 bridgehead atoms. The first kappa shape index (κ1) is 16.5. The molecule has 1 aromatic rings. The van der Waals surface area contributed by atoms with Gasteiger partial charge in [-0.25, -0.2) is 4.79 Å². The molecule has 1 unspecified atom stereocenters. The lowest BCUT2D eigenvalue weighted by atomic mass is 10.2. The van der Waals surface area contributed by atoms with E-state index in [9.17, 15) is 14.4 Å². The van der Waals surface area contributed by atoms with Gasteiger partial charge in [0.05, 0.1) is 0 Å². The van der Waals surface area contributed by atoms with Crippen LogP contribution < -0.4 is 16.6 Å². The van der Waals surface area contributed by atoms with Crippen molar-refractivity contribution in [3.8, 4) is 0 Å². The van der Waals surface area contributed by atoms with E-state index in [1.807, 2.05) is 0 Å². The first-order chi connectivity index (χ1) is 10.5. The van der Waals surface area contributed by atoms with Gasteiger partial charge in [0.15, 0.2) is 0 Å². The number of aromatic amines is 1. The van der Waals surface area contributed by atoms with Crippen molar-refractivity contribution in [3.05, 3.63) is 33.1 Å². The Balaban J connectivity index is 1.78. The molecule has 0 aromatic carbocycles. The van der Waals surface area contributed by atoms with Crippen LogP contribution in [0.15, 0.2) is 21.9 Å². The summed E-state index contributed by atoms with van der Waals surface area (Å²) in [7, 11) is 0. The van der Waals surface area contributed by atoms with Crippen molar-refractivity contribution >= 4 is 5.91 Å². The molecule has 2 rings (SSSR count). The molecule has 1 aliphatic heterocycles. The predicted molar refractivity (Wildman–Crippen MR) is 83.8 cm³/mol. The van der Waals surface area contributed by atoms with Crippen LogP contribution >= 0.6 is 0 Å². The molecule has 0 saturated carbocycles. The number of likely N-dealkylation sites (tertiary alicyclic amines) is 1. The van der Waals surface area contributed by atoms with Gasteiger partial charge in [-0.15, -0.1) is 0 Å². The Labute approximate surface area is 129 Å². The third kappa shape index (κ3) is 4.30. The fraction of sp³-hybridized carbons (Fsp3) is 0.667. The fourth-order valence-corrected chi connectivity index (χ4v) is 2.92. The Kier molecular flexibility index (Phi) is 5.54. The van der Waals surface area contributed by atoms with Crippen LogP contribution in [0.5, 0.6) is 0 Å². The monoisotopic (exact) mass is 308 g/mol. The number of hydrogen-bond donors (Lipinski definition) is 2. The molecule has 0 radical (unpaired) electrons. The molecule has 1 saturated heterocycles. The van der Waals surface area contributed by atoms with Crippen molar-refractivity contribution in [1.82, 2.24) is 19.8 Å².